The molecule has 0 aliphatic carbocycles. The number of hydrogen-bond donors (Lipinski definition) is 1. The summed E-state index contributed by atoms with van der Waals surface area (Å²) in [7, 11) is 1.33. The number of carbonyl (C=O) groups excluding carboxylic acids is 2. The van der Waals surface area contributed by atoms with Crippen molar-refractivity contribution in [2.45, 2.75) is 6.92 Å². The van der Waals surface area contributed by atoms with Crippen LogP contribution in [0.25, 0.3) is 0 Å². The molecule has 0 spiro atoms. The number of nitrogens with one attached hydrogen (secondary N) is 1. The lowest BCUT2D eigenvalue weighted by Gasteiger charge is -2.06. The summed E-state index contributed by atoms with van der Waals surface area (Å²) >= 11 is 0. The predicted molar refractivity (Wildman–Crippen MR) is 76.4 cm³/mol. The number of rotatable bonds is 4. The molecule has 2 aromatic rings. The van der Waals surface area contributed by atoms with Gasteiger partial charge in [-0.05, 0) is 30.3 Å². The first-order chi connectivity index (χ1) is 10.1. The van der Waals surface area contributed by atoms with Crippen molar-refractivity contribution in [1.82, 2.24) is 4.98 Å². The highest BCUT2D eigenvalue weighted by molar-refractivity contribution is 5.89. The summed E-state index contributed by atoms with van der Waals surface area (Å²) in [5, 5.41) is 2.61. The normalized spacial score (nSPS) is 9.81. The van der Waals surface area contributed by atoms with Crippen molar-refractivity contribution in [3.05, 3.63) is 48.2 Å². The van der Waals surface area contributed by atoms with Crippen LogP contribution in [-0.2, 0) is 9.53 Å². The lowest BCUT2D eigenvalue weighted by molar-refractivity contribution is -0.114. The quantitative estimate of drug-likeness (QED) is 0.874. The summed E-state index contributed by atoms with van der Waals surface area (Å²) in [5.41, 5.74) is 1.04. The van der Waals surface area contributed by atoms with Crippen LogP contribution in [0.2, 0.25) is 0 Å². The molecule has 1 heterocycles. The second-order valence-electron chi connectivity index (χ2n) is 4.18. The third-order valence-corrected chi connectivity index (χ3v) is 2.55. The Labute approximate surface area is 121 Å². The number of nitrogens with zero attached hydrogens (tertiary/aromatic N) is 1. The van der Waals surface area contributed by atoms with E-state index in [4.69, 9.17) is 4.74 Å². The van der Waals surface area contributed by atoms with E-state index in [-0.39, 0.29) is 5.91 Å². The topological polar surface area (TPSA) is 77.5 Å². The van der Waals surface area contributed by atoms with Gasteiger partial charge in [-0.3, -0.25) is 4.79 Å². The Morgan fingerprint density at radius 1 is 1.10 bits per heavy atom. The first kappa shape index (κ1) is 14.5. The average Bonchev–Trinajstić information content (AvgIpc) is 2.49. The van der Waals surface area contributed by atoms with Gasteiger partial charge in [-0.1, -0.05) is 0 Å². The molecule has 1 aromatic carbocycles. The highest BCUT2D eigenvalue weighted by Gasteiger charge is 2.05. The van der Waals surface area contributed by atoms with Gasteiger partial charge in [0.2, 0.25) is 11.8 Å². The Hall–Kier alpha value is -2.89. The highest BCUT2D eigenvalue weighted by Crippen LogP contribution is 2.21. The fourth-order valence-corrected chi connectivity index (χ4v) is 1.62. The number of methoxy groups -OCH3 is 1. The smallest absolute Gasteiger partial charge is 0.337 e. The summed E-state index contributed by atoms with van der Waals surface area (Å²) in [4.78, 5) is 26.3. The number of hydrogen-bond acceptors (Lipinski definition) is 5. The average molecular weight is 286 g/mol. The van der Waals surface area contributed by atoms with Gasteiger partial charge in [0.15, 0.2) is 0 Å². The molecule has 1 N–H and O–H groups in total. The van der Waals surface area contributed by atoms with Crippen LogP contribution >= 0.6 is 0 Å². The second kappa shape index (κ2) is 6.51. The van der Waals surface area contributed by atoms with E-state index in [9.17, 15) is 9.59 Å². The van der Waals surface area contributed by atoms with Crippen LogP contribution in [0.3, 0.4) is 0 Å². The molecule has 0 bridgehead atoms. The van der Waals surface area contributed by atoms with Crippen LogP contribution in [0.4, 0.5) is 5.69 Å². The van der Waals surface area contributed by atoms with E-state index in [0.717, 1.165) is 0 Å². The number of carbonyl (C=O) groups is 2. The summed E-state index contributed by atoms with van der Waals surface area (Å²) in [6.07, 6.45) is 1.50. The Morgan fingerprint density at radius 3 is 2.33 bits per heavy atom. The Kier molecular flexibility index (Phi) is 4.50. The number of esters is 1. The van der Waals surface area contributed by atoms with E-state index in [1.54, 1.807) is 36.4 Å². The Bertz CT molecular complexity index is 636. The standard InChI is InChI=1S/C15H14N2O4/c1-10(18)17-12-5-8-14(16-9-12)21-13-6-3-11(4-7-13)15(19)20-2/h3-9H,1-2H3,(H,17,18). The number of anilines is 1. The molecule has 2 rings (SSSR count). The summed E-state index contributed by atoms with van der Waals surface area (Å²) < 4.78 is 10.1. The van der Waals surface area contributed by atoms with E-state index in [0.29, 0.717) is 22.9 Å². The summed E-state index contributed by atoms with van der Waals surface area (Å²) in [6, 6.07) is 9.83. The molecule has 21 heavy (non-hydrogen) atoms. The first-order valence-electron chi connectivity index (χ1n) is 6.18. The van der Waals surface area contributed by atoms with E-state index in [1.807, 2.05) is 0 Å². The SMILES string of the molecule is COC(=O)c1ccc(Oc2ccc(NC(C)=O)cn2)cc1. The maximum absolute atomic E-state index is 11.3. The molecular weight excluding hydrogens is 272 g/mol. The zero-order valence-electron chi connectivity index (χ0n) is 11.6. The lowest BCUT2D eigenvalue weighted by Crippen LogP contribution is -2.05. The third kappa shape index (κ3) is 4.04. The maximum Gasteiger partial charge on any atom is 0.337 e. The molecule has 0 saturated heterocycles. The zero-order chi connectivity index (χ0) is 15.2. The molecule has 0 saturated carbocycles. The van der Waals surface area contributed by atoms with E-state index >= 15 is 0 Å². The number of ether oxygens (including phenoxy) is 2. The fourth-order valence-electron chi connectivity index (χ4n) is 1.62. The number of aromatic nitrogens is 1. The molecule has 0 aliphatic heterocycles. The monoisotopic (exact) mass is 286 g/mol. The van der Waals surface area contributed by atoms with Crippen molar-refractivity contribution in [3.8, 4) is 11.6 Å². The van der Waals surface area contributed by atoms with Crippen molar-refractivity contribution in [1.29, 1.82) is 0 Å². The molecule has 0 radical (unpaired) electrons. The van der Waals surface area contributed by atoms with Gasteiger partial charge >= 0.3 is 5.97 Å². The Balaban J connectivity index is 2.04. The van der Waals surface area contributed by atoms with Crippen LogP contribution in [0, 0.1) is 0 Å². The molecule has 6 heteroatoms. The minimum absolute atomic E-state index is 0.163. The van der Waals surface area contributed by atoms with Gasteiger partial charge in [0, 0.05) is 13.0 Å². The van der Waals surface area contributed by atoms with E-state index in [2.05, 4.69) is 15.0 Å². The van der Waals surface area contributed by atoms with Gasteiger partial charge < -0.3 is 14.8 Å². The molecule has 0 unspecified atom stereocenters. The minimum atomic E-state index is -0.403. The van der Waals surface area contributed by atoms with Gasteiger partial charge in [0.1, 0.15) is 5.75 Å². The molecular formula is C15H14N2O4. The van der Waals surface area contributed by atoms with Crippen LogP contribution in [0.15, 0.2) is 42.6 Å². The van der Waals surface area contributed by atoms with Crippen molar-refractivity contribution >= 4 is 17.6 Å². The molecule has 0 fully saturated rings. The van der Waals surface area contributed by atoms with Crippen LogP contribution < -0.4 is 10.1 Å². The van der Waals surface area contributed by atoms with Gasteiger partial charge in [0.05, 0.1) is 24.6 Å². The zero-order valence-corrected chi connectivity index (χ0v) is 11.6. The van der Waals surface area contributed by atoms with Crippen LogP contribution in [0.5, 0.6) is 11.6 Å². The van der Waals surface area contributed by atoms with E-state index < -0.39 is 5.97 Å². The molecule has 0 atom stereocenters. The van der Waals surface area contributed by atoms with Crippen molar-refractivity contribution in [3.63, 3.8) is 0 Å². The number of benzene rings is 1. The van der Waals surface area contributed by atoms with Crippen LogP contribution in [0.1, 0.15) is 17.3 Å². The van der Waals surface area contributed by atoms with Crippen molar-refractivity contribution in [2.75, 3.05) is 12.4 Å². The minimum Gasteiger partial charge on any atom is -0.465 e. The lowest BCUT2D eigenvalue weighted by atomic mass is 10.2. The largest absolute Gasteiger partial charge is 0.465 e. The fraction of sp³-hybridized carbons (Fsp3) is 0.133. The van der Waals surface area contributed by atoms with E-state index in [1.165, 1.54) is 20.2 Å². The molecule has 108 valence electrons. The van der Waals surface area contributed by atoms with Crippen molar-refractivity contribution < 1.29 is 19.1 Å². The van der Waals surface area contributed by atoms with Gasteiger partial charge in [-0.25, -0.2) is 9.78 Å². The second-order valence-corrected chi connectivity index (χ2v) is 4.18. The van der Waals surface area contributed by atoms with Gasteiger partial charge in [0.25, 0.3) is 0 Å². The molecule has 6 nitrogen and oxygen atoms in total. The number of pyridine rings is 1. The van der Waals surface area contributed by atoms with Crippen LogP contribution in [-0.4, -0.2) is 24.0 Å². The summed E-state index contributed by atoms with van der Waals surface area (Å²) in [5.74, 6) is 0.362. The Morgan fingerprint density at radius 2 is 1.81 bits per heavy atom. The highest BCUT2D eigenvalue weighted by atomic mass is 16.5. The first-order valence-corrected chi connectivity index (χ1v) is 6.18. The van der Waals surface area contributed by atoms with Gasteiger partial charge in [-0.2, -0.15) is 0 Å². The maximum atomic E-state index is 11.3. The third-order valence-electron chi connectivity index (χ3n) is 2.55. The number of amides is 1. The van der Waals surface area contributed by atoms with Gasteiger partial charge in [-0.15, -0.1) is 0 Å². The van der Waals surface area contributed by atoms with Crippen molar-refractivity contribution in [2.24, 2.45) is 0 Å². The summed E-state index contributed by atoms with van der Waals surface area (Å²) in [6.45, 7) is 1.42. The molecule has 0 aliphatic rings. The molecule has 1 aromatic heterocycles. The molecule has 1 amide bonds. The predicted octanol–water partition coefficient (Wildman–Crippen LogP) is 2.62.